The normalized spacial score (nSPS) is 14.4. The van der Waals surface area contributed by atoms with E-state index in [2.05, 4.69) is 5.32 Å². The van der Waals surface area contributed by atoms with Crippen molar-refractivity contribution >= 4 is 27.5 Å². The molecule has 0 spiro atoms. The Morgan fingerprint density at radius 2 is 1.54 bits per heavy atom. The minimum absolute atomic E-state index is 0.0828. The Morgan fingerprint density at radius 1 is 0.878 bits per heavy atom. The van der Waals surface area contributed by atoms with Crippen molar-refractivity contribution < 1.29 is 18.0 Å². The summed E-state index contributed by atoms with van der Waals surface area (Å²) in [4.78, 5) is 29.7. The average Bonchev–Trinajstić information content (AvgIpc) is 3.42. The molecule has 0 heterocycles. The molecule has 41 heavy (non-hydrogen) atoms. The molecule has 0 saturated heterocycles. The predicted molar refractivity (Wildman–Crippen MR) is 164 cm³/mol. The van der Waals surface area contributed by atoms with Gasteiger partial charge in [0.15, 0.2) is 0 Å². The molecule has 8 heteroatoms. The molecule has 218 valence electrons. The largest absolute Gasteiger partial charge is 0.352 e. The van der Waals surface area contributed by atoms with Gasteiger partial charge in [-0.05, 0) is 56.4 Å². The first-order chi connectivity index (χ1) is 19.5. The van der Waals surface area contributed by atoms with Crippen LogP contribution in [0.4, 0.5) is 5.69 Å². The van der Waals surface area contributed by atoms with E-state index in [9.17, 15) is 18.0 Å². The lowest BCUT2D eigenvalue weighted by molar-refractivity contribution is -0.140. The van der Waals surface area contributed by atoms with Crippen molar-refractivity contribution in [1.82, 2.24) is 10.2 Å². The molecule has 1 fully saturated rings. The summed E-state index contributed by atoms with van der Waals surface area (Å²) >= 11 is 0. The number of hydrogen-bond acceptors (Lipinski definition) is 4. The van der Waals surface area contributed by atoms with Gasteiger partial charge >= 0.3 is 0 Å². The van der Waals surface area contributed by atoms with Crippen molar-refractivity contribution in [2.75, 3.05) is 17.1 Å². The molecule has 1 aliphatic carbocycles. The summed E-state index contributed by atoms with van der Waals surface area (Å²) in [6.45, 7) is 5.53. The van der Waals surface area contributed by atoms with Crippen LogP contribution >= 0.6 is 0 Å². The van der Waals surface area contributed by atoms with E-state index in [1.165, 1.54) is 0 Å². The lowest BCUT2D eigenvalue weighted by Crippen LogP contribution is -2.54. The molecule has 4 rings (SSSR count). The zero-order valence-corrected chi connectivity index (χ0v) is 25.3. The van der Waals surface area contributed by atoms with Crippen molar-refractivity contribution in [3.05, 3.63) is 101 Å². The monoisotopic (exact) mass is 575 g/mol. The number of hydrogen-bond donors (Lipinski definition) is 1. The smallest absolute Gasteiger partial charge is 0.244 e. The van der Waals surface area contributed by atoms with E-state index in [4.69, 9.17) is 0 Å². The molecule has 1 saturated carbocycles. The number of amides is 2. The number of nitrogens with zero attached hydrogens (tertiary/aromatic N) is 2. The maximum Gasteiger partial charge on any atom is 0.244 e. The van der Waals surface area contributed by atoms with Gasteiger partial charge in [-0.15, -0.1) is 0 Å². The summed E-state index contributed by atoms with van der Waals surface area (Å²) in [6, 6.07) is 22.2. The highest BCUT2D eigenvalue weighted by Gasteiger charge is 2.34. The number of benzene rings is 3. The van der Waals surface area contributed by atoms with E-state index in [0.29, 0.717) is 12.1 Å². The van der Waals surface area contributed by atoms with Gasteiger partial charge in [-0.2, -0.15) is 0 Å². The first-order valence-corrected chi connectivity index (χ1v) is 16.1. The van der Waals surface area contributed by atoms with Gasteiger partial charge in [-0.1, -0.05) is 90.7 Å². The van der Waals surface area contributed by atoms with Gasteiger partial charge in [0.1, 0.15) is 12.6 Å². The minimum atomic E-state index is -3.80. The van der Waals surface area contributed by atoms with E-state index < -0.39 is 28.5 Å². The van der Waals surface area contributed by atoms with Crippen LogP contribution in [-0.2, 0) is 32.6 Å². The van der Waals surface area contributed by atoms with Crippen molar-refractivity contribution in [2.24, 2.45) is 0 Å². The Morgan fingerprint density at radius 3 is 2.17 bits per heavy atom. The van der Waals surface area contributed by atoms with Crippen LogP contribution in [0.25, 0.3) is 0 Å². The second kappa shape index (κ2) is 13.3. The van der Waals surface area contributed by atoms with Gasteiger partial charge in [0, 0.05) is 19.0 Å². The van der Waals surface area contributed by atoms with E-state index in [1.807, 2.05) is 87.5 Å². The first-order valence-electron chi connectivity index (χ1n) is 14.3. The highest BCUT2D eigenvalue weighted by atomic mass is 32.2. The molecule has 0 aliphatic heterocycles. The van der Waals surface area contributed by atoms with Crippen LogP contribution in [0, 0.1) is 20.8 Å². The average molecular weight is 576 g/mol. The Kier molecular flexibility index (Phi) is 9.86. The highest BCUT2D eigenvalue weighted by Crippen LogP contribution is 2.25. The van der Waals surface area contributed by atoms with Crippen molar-refractivity contribution in [3.8, 4) is 0 Å². The van der Waals surface area contributed by atoms with Crippen LogP contribution in [-0.4, -0.2) is 50.0 Å². The van der Waals surface area contributed by atoms with Crippen LogP contribution in [0.3, 0.4) is 0 Å². The van der Waals surface area contributed by atoms with Crippen LogP contribution in [0.2, 0.25) is 0 Å². The highest BCUT2D eigenvalue weighted by molar-refractivity contribution is 7.92. The van der Waals surface area contributed by atoms with Gasteiger partial charge in [0.05, 0.1) is 11.9 Å². The topological polar surface area (TPSA) is 86.8 Å². The summed E-state index contributed by atoms with van der Waals surface area (Å²) in [5.74, 6) is -0.640. The summed E-state index contributed by atoms with van der Waals surface area (Å²) in [6.07, 6.45) is 5.41. The molecule has 7 nitrogen and oxygen atoms in total. The molecule has 1 N–H and O–H groups in total. The SMILES string of the molecule is Cc1cccc(CN(C(=O)CN(c2ccc(C)cc2C)S(C)(=O)=O)[C@@H](Cc2ccccc2)C(=O)NC2CCCC2)c1. The second-order valence-electron chi connectivity index (χ2n) is 11.3. The minimum Gasteiger partial charge on any atom is -0.352 e. The third-order valence-electron chi connectivity index (χ3n) is 7.71. The Balaban J connectivity index is 1.74. The second-order valence-corrected chi connectivity index (χ2v) is 13.2. The van der Waals surface area contributed by atoms with Crippen LogP contribution in [0.15, 0.2) is 72.8 Å². The fraction of sp³-hybridized carbons (Fsp3) is 0.394. The lowest BCUT2D eigenvalue weighted by atomic mass is 10.0. The number of aryl methyl sites for hydroxylation is 3. The summed E-state index contributed by atoms with van der Waals surface area (Å²) in [7, 11) is -3.80. The zero-order valence-electron chi connectivity index (χ0n) is 24.5. The molecule has 3 aromatic carbocycles. The molecule has 1 atom stereocenters. The lowest BCUT2D eigenvalue weighted by Gasteiger charge is -2.34. The number of carbonyl (C=O) groups excluding carboxylic acids is 2. The molecular formula is C33H41N3O4S. The number of anilines is 1. The molecule has 3 aromatic rings. The molecule has 0 unspecified atom stereocenters. The standard InChI is InChI=1S/C33H41N3O4S/c1-24-11-10-14-28(20-24)22-35(32(37)23-36(41(4,39)40)30-18-17-25(2)19-26(30)3)31(21-27-12-6-5-7-13-27)33(38)34-29-15-8-9-16-29/h5-7,10-14,17-20,29,31H,8-9,15-16,21-23H2,1-4H3,(H,34,38)/t31-/m0/s1. The molecule has 0 bridgehead atoms. The third-order valence-corrected chi connectivity index (χ3v) is 8.83. The molecule has 2 amide bonds. The molecular weight excluding hydrogens is 534 g/mol. The Labute approximate surface area is 244 Å². The number of rotatable bonds is 11. The van der Waals surface area contributed by atoms with Gasteiger partial charge in [0.2, 0.25) is 21.8 Å². The van der Waals surface area contributed by atoms with Crippen LogP contribution in [0.1, 0.15) is 53.5 Å². The van der Waals surface area contributed by atoms with E-state index >= 15 is 0 Å². The predicted octanol–water partition coefficient (Wildman–Crippen LogP) is 5.08. The maximum absolute atomic E-state index is 14.3. The molecule has 1 aliphatic rings. The van der Waals surface area contributed by atoms with Gasteiger partial charge in [-0.25, -0.2) is 8.42 Å². The Hall–Kier alpha value is -3.65. The third kappa shape index (κ3) is 8.19. The van der Waals surface area contributed by atoms with Gasteiger partial charge < -0.3 is 10.2 Å². The van der Waals surface area contributed by atoms with Crippen molar-refractivity contribution in [2.45, 2.75) is 71.5 Å². The van der Waals surface area contributed by atoms with E-state index in [-0.39, 0.29) is 18.5 Å². The maximum atomic E-state index is 14.3. The van der Waals surface area contributed by atoms with E-state index in [0.717, 1.165) is 64.1 Å². The number of sulfonamides is 1. The summed E-state index contributed by atoms with van der Waals surface area (Å²) in [5.41, 5.74) is 5.06. The van der Waals surface area contributed by atoms with Gasteiger partial charge in [-0.3, -0.25) is 13.9 Å². The summed E-state index contributed by atoms with van der Waals surface area (Å²) in [5, 5.41) is 3.20. The van der Waals surface area contributed by atoms with E-state index in [1.54, 1.807) is 11.0 Å². The van der Waals surface area contributed by atoms with Crippen molar-refractivity contribution in [3.63, 3.8) is 0 Å². The Bertz CT molecular complexity index is 1470. The molecule has 0 radical (unpaired) electrons. The van der Waals surface area contributed by atoms with Crippen LogP contribution in [0.5, 0.6) is 0 Å². The first kappa shape index (κ1) is 30.3. The summed E-state index contributed by atoms with van der Waals surface area (Å²) < 4.78 is 27.2. The number of nitrogens with one attached hydrogen (secondary N) is 1. The number of carbonyl (C=O) groups is 2. The molecule has 0 aromatic heterocycles. The fourth-order valence-corrected chi connectivity index (χ4v) is 6.52. The van der Waals surface area contributed by atoms with Crippen LogP contribution < -0.4 is 9.62 Å². The quantitative estimate of drug-likeness (QED) is 0.346. The fourth-order valence-electron chi connectivity index (χ4n) is 5.61. The zero-order chi connectivity index (χ0) is 29.6. The van der Waals surface area contributed by atoms with Gasteiger partial charge in [0.25, 0.3) is 0 Å². The van der Waals surface area contributed by atoms with Crippen molar-refractivity contribution in [1.29, 1.82) is 0 Å².